The van der Waals surface area contributed by atoms with Gasteiger partial charge in [-0.15, -0.1) is 0 Å². The first kappa shape index (κ1) is 15.0. The number of halogens is 2. The SMILES string of the molecule is Cc1ccc(C#N)c(Oc2c(Cl)cc([N+](=O)[O-])cc2Cl)n1. The summed E-state index contributed by atoms with van der Waals surface area (Å²) in [4.78, 5) is 14.2. The summed E-state index contributed by atoms with van der Waals surface area (Å²) >= 11 is 11.9. The number of pyridine rings is 1. The van der Waals surface area contributed by atoms with Crippen molar-refractivity contribution in [3.63, 3.8) is 0 Å². The van der Waals surface area contributed by atoms with E-state index in [0.29, 0.717) is 5.69 Å². The molecule has 1 aromatic carbocycles. The molecule has 0 aliphatic carbocycles. The number of nitriles is 1. The summed E-state index contributed by atoms with van der Waals surface area (Å²) in [7, 11) is 0. The maximum absolute atomic E-state index is 10.7. The summed E-state index contributed by atoms with van der Waals surface area (Å²) in [5.74, 6) is 0.0497. The molecule has 0 saturated heterocycles. The van der Waals surface area contributed by atoms with Crippen molar-refractivity contribution in [1.82, 2.24) is 4.98 Å². The molecule has 1 aromatic heterocycles. The molecule has 2 aromatic rings. The fraction of sp³-hybridized carbons (Fsp3) is 0.0769. The van der Waals surface area contributed by atoms with E-state index in [1.807, 2.05) is 6.07 Å². The average molecular weight is 324 g/mol. The van der Waals surface area contributed by atoms with Gasteiger partial charge in [0.05, 0.1) is 15.0 Å². The third kappa shape index (κ3) is 3.21. The maximum atomic E-state index is 10.7. The molecule has 0 saturated carbocycles. The Morgan fingerprint density at radius 2 is 1.95 bits per heavy atom. The minimum Gasteiger partial charge on any atom is -0.435 e. The summed E-state index contributed by atoms with van der Waals surface area (Å²) in [6.07, 6.45) is 0. The fourth-order valence-electron chi connectivity index (χ4n) is 1.54. The van der Waals surface area contributed by atoms with Gasteiger partial charge < -0.3 is 4.74 Å². The van der Waals surface area contributed by atoms with E-state index in [2.05, 4.69) is 4.98 Å². The first-order valence-electron chi connectivity index (χ1n) is 5.61. The Balaban J connectivity index is 2.48. The molecule has 0 N–H and O–H groups in total. The van der Waals surface area contributed by atoms with Crippen LogP contribution in [0.2, 0.25) is 10.0 Å². The summed E-state index contributed by atoms with van der Waals surface area (Å²) < 4.78 is 5.46. The molecule has 0 amide bonds. The summed E-state index contributed by atoms with van der Waals surface area (Å²) in [6, 6.07) is 7.36. The number of hydrogen-bond donors (Lipinski definition) is 0. The van der Waals surface area contributed by atoms with E-state index in [9.17, 15) is 10.1 Å². The molecule has 6 nitrogen and oxygen atoms in total. The highest BCUT2D eigenvalue weighted by Gasteiger charge is 2.18. The van der Waals surface area contributed by atoms with Crippen LogP contribution in [-0.4, -0.2) is 9.91 Å². The van der Waals surface area contributed by atoms with E-state index in [4.69, 9.17) is 33.2 Å². The van der Waals surface area contributed by atoms with Gasteiger partial charge in [-0.2, -0.15) is 5.26 Å². The highest BCUT2D eigenvalue weighted by Crippen LogP contribution is 2.39. The Labute approximate surface area is 129 Å². The van der Waals surface area contributed by atoms with E-state index >= 15 is 0 Å². The van der Waals surface area contributed by atoms with Crippen LogP contribution in [0, 0.1) is 28.4 Å². The number of rotatable bonds is 3. The first-order valence-corrected chi connectivity index (χ1v) is 6.37. The highest BCUT2D eigenvalue weighted by atomic mass is 35.5. The monoisotopic (exact) mass is 323 g/mol. The predicted molar refractivity (Wildman–Crippen MR) is 76.9 cm³/mol. The van der Waals surface area contributed by atoms with Gasteiger partial charge in [0.15, 0.2) is 5.75 Å². The standard InChI is InChI=1S/C13H7Cl2N3O3/c1-7-2-3-8(6-16)13(17-7)21-12-10(14)4-9(18(19)20)5-11(12)15/h2-5H,1H3. The third-order valence-corrected chi connectivity index (χ3v) is 3.07. The summed E-state index contributed by atoms with van der Waals surface area (Å²) in [5, 5.41) is 19.6. The van der Waals surface area contributed by atoms with Gasteiger partial charge in [-0.1, -0.05) is 23.2 Å². The Hall–Kier alpha value is -2.36. The number of nitro benzene ring substituents is 1. The number of nitrogens with zero attached hydrogens (tertiary/aromatic N) is 3. The molecule has 106 valence electrons. The molecule has 21 heavy (non-hydrogen) atoms. The van der Waals surface area contributed by atoms with Crippen LogP contribution in [0.15, 0.2) is 24.3 Å². The number of benzene rings is 1. The minimum atomic E-state index is -0.618. The normalized spacial score (nSPS) is 10.0. The zero-order valence-electron chi connectivity index (χ0n) is 10.6. The van der Waals surface area contributed by atoms with Gasteiger partial charge in [-0.3, -0.25) is 10.1 Å². The lowest BCUT2D eigenvalue weighted by Crippen LogP contribution is -1.96. The molecule has 0 aliphatic rings. The zero-order valence-corrected chi connectivity index (χ0v) is 12.1. The second-order valence-electron chi connectivity index (χ2n) is 4.01. The van der Waals surface area contributed by atoms with Crippen LogP contribution in [0.1, 0.15) is 11.3 Å². The van der Waals surface area contributed by atoms with Crippen LogP contribution < -0.4 is 4.74 Å². The molecular formula is C13H7Cl2N3O3. The van der Waals surface area contributed by atoms with E-state index in [1.165, 1.54) is 0 Å². The Morgan fingerprint density at radius 1 is 1.33 bits per heavy atom. The fourth-order valence-corrected chi connectivity index (χ4v) is 2.09. The second-order valence-corrected chi connectivity index (χ2v) is 4.83. The summed E-state index contributed by atoms with van der Waals surface area (Å²) in [6.45, 7) is 1.73. The van der Waals surface area contributed by atoms with Gasteiger partial charge in [0.25, 0.3) is 5.69 Å². The van der Waals surface area contributed by atoms with E-state index in [1.54, 1.807) is 19.1 Å². The van der Waals surface area contributed by atoms with Gasteiger partial charge in [0, 0.05) is 17.8 Å². The van der Waals surface area contributed by atoms with Crippen LogP contribution in [0.3, 0.4) is 0 Å². The van der Waals surface area contributed by atoms with Crippen molar-refractivity contribution in [1.29, 1.82) is 5.26 Å². The van der Waals surface area contributed by atoms with Gasteiger partial charge in [0.2, 0.25) is 5.88 Å². The van der Waals surface area contributed by atoms with Gasteiger partial charge in [-0.05, 0) is 19.1 Å². The number of ether oxygens (including phenoxy) is 1. The molecule has 0 radical (unpaired) electrons. The molecule has 0 aliphatic heterocycles. The van der Waals surface area contributed by atoms with Gasteiger partial charge >= 0.3 is 0 Å². The van der Waals surface area contributed by atoms with E-state index in [-0.39, 0.29) is 32.9 Å². The smallest absolute Gasteiger partial charge is 0.272 e. The van der Waals surface area contributed by atoms with Crippen molar-refractivity contribution >= 4 is 28.9 Å². The highest BCUT2D eigenvalue weighted by molar-refractivity contribution is 6.37. The number of hydrogen-bond acceptors (Lipinski definition) is 5. The minimum absolute atomic E-state index is 0.0125. The molecule has 1 heterocycles. The molecule has 2 rings (SSSR count). The van der Waals surface area contributed by atoms with Crippen LogP contribution >= 0.6 is 23.2 Å². The van der Waals surface area contributed by atoms with Crippen molar-refractivity contribution in [2.24, 2.45) is 0 Å². The van der Waals surface area contributed by atoms with Crippen molar-refractivity contribution < 1.29 is 9.66 Å². The molecule has 0 unspecified atom stereocenters. The van der Waals surface area contributed by atoms with Crippen molar-refractivity contribution in [3.05, 3.63) is 55.7 Å². The molecule has 0 bridgehead atoms. The largest absolute Gasteiger partial charge is 0.435 e. The van der Waals surface area contributed by atoms with Crippen LogP contribution in [0.25, 0.3) is 0 Å². The average Bonchev–Trinajstić information content (AvgIpc) is 2.42. The third-order valence-electron chi connectivity index (χ3n) is 2.51. The van der Waals surface area contributed by atoms with Crippen molar-refractivity contribution in [2.45, 2.75) is 6.92 Å². The van der Waals surface area contributed by atoms with E-state index < -0.39 is 4.92 Å². The lowest BCUT2D eigenvalue weighted by molar-refractivity contribution is -0.384. The van der Waals surface area contributed by atoms with Crippen LogP contribution in [-0.2, 0) is 0 Å². The second kappa shape index (κ2) is 5.95. The van der Waals surface area contributed by atoms with Crippen molar-refractivity contribution in [3.8, 4) is 17.7 Å². The van der Waals surface area contributed by atoms with E-state index in [0.717, 1.165) is 12.1 Å². The van der Waals surface area contributed by atoms with Gasteiger partial charge in [0.1, 0.15) is 11.6 Å². The molecule has 8 heteroatoms. The number of non-ortho nitro benzene ring substituents is 1. The topological polar surface area (TPSA) is 89.0 Å². The van der Waals surface area contributed by atoms with Crippen LogP contribution in [0.5, 0.6) is 11.6 Å². The Morgan fingerprint density at radius 3 is 2.48 bits per heavy atom. The van der Waals surface area contributed by atoms with Crippen molar-refractivity contribution in [2.75, 3.05) is 0 Å². The molecule has 0 spiro atoms. The number of aryl methyl sites for hydroxylation is 1. The molecule has 0 atom stereocenters. The lowest BCUT2D eigenvalue weighted by atomic mass is 10.2. The predicted octanol–water partition coefficient (Wildman–Crippen LogP) is 4.27. The summed E-state index contributed by atoms with van der Waals surface area (Å²) in [5.41, 5.74) is 0.583. The quantitative estimate of drug-likeness (QED) is 0.621. The van der Waals surface area contributed by atoms with Gasteiger partial charge in [-0.25, -0.2) is 4.98 Å². The Kier molecular flexibility index (Phi) is 4.26. The number of aromatic nitrogens is 1. The van der Waals surface area contributed by atoms with Crippen LogP contribution in [0.4, 0.5) is 5.69 Å². The molecular weight excluding hydrogens is 317 g/mol. The lowest BCUT2D eigenvalue weighted by Gasteiger charge is -2.10. The maximum Gasteiger partial charge on any atom is 0.272 e. The zero-order chi connectivity index (χ0) is 15.6. The first-order chi connectivity index (χ1) is 9.92. The number of nitro groups is 1. The Bertz CT molecular complexity index is 749. The molecule has 0 fully saturated rings.